The Morgan fingerprint density at radius 3 is 2.69 bits per heavy atom. The third kappa shape index (κ3) is 5.67. The van der Waals surface area contributed by atoms with E-state index in [1.165, 1.54) is 12.0 Å². The summed E-state index contributed by atoms with van der Waals surface area (Å²) in [6.07, 6.45) is 8.34. The summed E-state index contributed by atoms with van der Waals surface area (Å²) in [5.74, 6) is -0.0899. The van der Waals surface area contributed by atoms with Crippen molar-refractivity contribution in [1.29, 1.82) is 0 Å². The van der Waals surface area contributed by atoms with E-state index >= 15 is 0 Å². The molecule has 3 heterocycles. The standard InChI is InChI=1S/C30H39N3O6/c1-8-13-30(26(35)37-7)14-9-16-33(30)25(34)22(32-27(36)39-28(2,3)4)17-19-18-31-24-20(19)10-11-23-21(24)12-15-29(5,6)38-23/h8,10-12,15,18,22,31H,1,9,13-14,16-17H2,2-7H3,(H,32,36)/t22?,30-/m0/s1. The molecule has 1 aromatic carbocycles. The third-order valence-electron chi connectivity index (χ3n) is 7.18. The molecule has 1 unspecified atom stereocenters. The predicted molar refractivity (Wildman–Crippen MR) is 149 cm³/mol. The highest BCUT2D eigenvalue weighted by Gasteiger charge is 2.51. The number of aromatic amines is 1. The van der Waals surface area contributed by atoms with Gasteiger partial charge in [0.2, 0.25) is 5.91 Å². The van der Waals surface area contributed by atoms with Crippen LogP contribution in [0.2, 0.25) is 0 Å². The van der Waals surface area contributed by atoms with Gasteiger partial charge in [-0.1, -0.05) is 6.08 Å². The predicted octanol–water partition coefficient (Wildman–Crippen LogP) is 4.90. The number of amides is 2. The molecule has 0 bridgehead atoms. The molecule has 210 valence electrons. The van der Waals surface area contributed by atoms with Crippen molar-refractivity contribution in [1.82, 2.24) is 15.2 Å². The number of ether oxygens (including phenoxy) is 3. The van der Waals surface area contributed by atoms with E-state index in [1.807, 2.05) is 44.3 Å². The minimum atomic E-state index is -1.16. The first-order chi connectivity index (χ1) is 18.3. The van der Waals surface area contributed by atoms with Crippen LogP contribution in [-0.2, 0) is 25.5 Å². The van der Waals surface area contributed by atoms with E-state index < -0.39 is 34.8 Å². The van der Waals surface area contributed by atoms with Gasteiger partial charge in [-0.2, -0.15) is 0 Å². The van der Waals surface area contributed by atoms with E-state index in [-0.39, 0.29) is 18.7 Å². The molecule has 4 rings (SSSR count). The second-order valence-electron chi connectivity index (χ2n) is 11.8. The van der Waals surface area contributed by atoms with E-state index in [0.717, 1.165) is 27.8 Å². The molecule has 39 heavy (non-hydrogen) atoms. The summed E-state index contributed by atoms with van der Waals surface area (Å²) in [5.41, 5.74) is 0.343. The Hall–Kier alpha value is -3.75. The summed E-state index contributed by atoms with van der Waals surface area (Å²) in [5, 5.41) is 3.69. The number of rotatable bonds is 7. The zero-order valence-corrected chi connectivity index (χ0v) is 23.7. The van der Waals surface area contributed by atoms with Crippen LogP contribution in [0.3, 0.4) is 0 Å². The number of methoxy groups -OCH3 is 1. The molecule has 0 radical (unpaired) electrons. The van der Waals surface area contributed by atoms with Crippen molar-refractivity contribution < 1.29 is 28.6 Å². The molecule has 9 nitrogen and oxygen atoms in total. The molecule has 0 spiro atoms. The number of alkyl carbamates (subject to hydrolysis) is 1. The lowest BCUT2D eigenvalue weighted by Crippen LogP contribution is -2.59. The van der Waals surface area contributed by atoms with E-state index in [1.54, 1.807) is 26.8 Å². The van der Waals surface area contributed by atoms with Gasteiger partial charge in [0.1, 0.15) is 28.5 Å². The van der Waals surface area contributed by atoms with Crippen LogP contribution in [0.5, 0.6) is 5.75 Å². The van der Waals surface area contributed by atoms with E-state index in [4.69, 9.17) is 14.2 Å². The smallest absolute Gasteiger partial charge is 0.408 e. The lowest BCUT2D eigenvalue weighted by Gasteiger charge is -2.37. The number of nitrogens with zero attached hydrogens (tertiary/aromatic N) is 1. The molecule has 1 saturated heterocycles. The van der Waals surface area contributed by atoms with Gasteiger partial charge in [-0.25, -0.2) is 9.59 Å². The van der Waals surface area contributed by atoms with Gasteiger partial charge in [0.15, 0.2) is 0 Å². The zero-order valence-electron chi connectivity index (χ0n) is 23.7. The average Bonchev–Trinajstić information content (AvgIpc) is 3.46. The van der Waals surface area contributed by atoms with Gasteiger partial charge in [0, 0.05) is 30.1 Å². The van der Waals surface area contributed by atoms with Gasteiger partial charge in [0.25, 0.3) is 0 Å². The van der Waals surface area contributed by atoms with Gasteiger partial charge in [-0.05, 0) is 83.7 Å². The number of esters is 1. The second kappa shape index (κ2) is 10.4. The van der Waals surface area contributed by atoms with E-state index in [0.29, 0.717) is 19.4 Å². The Morgan fingerprint density at radius 2 is 2.03 bits per heavy atom. The molecule has 2 aromatic rings. The molecule has 0 saturated carbocycles. The highest BCUT2D eigenvalue weighted by atomic mass is 16.6. The molecule has 1 fully saturated rings. The SMILES string of the molecule is C=CC[C@@]1(C(=O)OC)CCCN1C(=O)C(Cc1c[nH]c2c3c(ccc12)OC(C)(C)C=C3)NC(=O)OC(C)(C)C. The monoisotopic (exact) mass is 537 g/mol. The zero-order chi connectivity index (χ0) is 28.6. The quantitative estimate of drug-likeness (QED) is 0.384. The fraction of sp³-hybridized carbons (Fsp3) is 0.500. The van der Waals surface area contributed by atoms with E-state index in [9.17, 15) is 14.4 Å². The highest BCUT2D eigenvalue weighted by molar-refractivity contribution is 5.96. The van der Waals surface area contributed by atoms with E-state index in [2.05, 4.69) is 16.9 Å². The molecular weight excluding hydrogens is 498 g/mol. The van der Waals surface area contributed by atoms with Crippen LogP contribution in [0.1, 0.15) is 65.0 Å². The number of fused-ring (bicyclic) bond motifs is 3. The molecule has 0 aliphatic carbocycles. The largest absolute Gasteiger partial charge is 0.483 e. The Balaban J connectivity index is 1.70. The van der Waals surface area contributed by atoms with Crippen LogP contribution in [0.25, 0.3) is 17.0 Å². The topological polar surface area (TPSA) is 110 Å². The Kier molecular flexibility index (Phi) is 7.56. The maximum absolute atomic E-state index is 14.1. The van der Waals surface area contributed by atoms with Crippen LogP contribution in [-0.4, -0.2) is 64.3 Å². The van der Waals surface area contributed by atoms with Crippen molar-refractivity contribution in [2.24, 2.45) is 0 Å². The fourth-order valence-electron chi connectivity index (χ4n) is 5.48. The van der Waals surface area contributed by atoms with Crippen molar-refractivity contribution in [2.45, 2.75) is 83.1 Å². The number of aromatic nitrogens is 1. The first-order valence-electron chi connectivity index (χ1n) is 13.3. The second-order valence-corrected chi connectivity index (χ2v) is 11.8. The lowest BCUT2D eigenvalue weighted by atomic mass is 9.91. The number of hydrogen-bond acceptors (Lipinski definition) is 6. The van der Waals surface area contributed by atoms with Gasteiger partial charge >= 0.3 is 12.1 Å². The Bertz CT molecular complexity index is 1320. The van der Waals surface area contributed by atoms with Crippen molar-refractivity contribution in [3.8, 4) is 5.75 Å². The van der Waals surface area contributed by atoms with Gasteiger partial charge in [-0.15, -0.1) is 6.58 Å². The Labute approximate surface area is 229 Å². The summed E-state index contributed by atoms with van der Waals surface area (Å²) in [7, 11) is 1.32. The van der Waals surface area contributed by atoms with Crippen LogP contribution in [0, 0.1) is 0 Å². The number of benzene rings is 1. The molecule has 2 N–H and O–H groups in total. The number of carbonyl (C=O) groups excluding carboxylic acids is 3. The minimum absolute atomic E-state index is 0.189. The average molecular weight is 538 g/mol. The summed E-state index contributed by atoms with van der Waals surface area (Å²) in [6.45, 7) is 13.4. The van der Waals surface area contributed by atoms with Gasteiger partial charge in [-0.3, -0.25) is 4.79 Å². The van der Waals surface area contributed by atoms with Crippen molar-refractivity contribution in [3.63, 3.8) is 0 Å². The van der Waals surface area contributed by atoms with Gasteiger partial charge in [0.05, 0.1) is 12.6 Å². The number of likely N-dealkylation sites (tertiary alicyclic amines) is 1. The van der Waals surface area contributed by atoms with Crippen molar-refractivity contribution in [3.05, 3.63) is 48.2 Å². The molecule has 2 amide bonds. The first kappa shape index (κ1) is 28.3. The molecule has 2 atom stereocenters. The first-order valence-corrected chi connectivity index (χ1v) is 13.3. The lowest BCUT2D eigenvalue weighted by molar-refractivity contribution is -0.160. The van der Waals surface area contributed by atoms with Crippen LogP contribution in [0.4, 0.5) is 4.79 Å². The summed E-state index contributed by atoms with van der Waals surface area (Å²) in [6, 6.07) is 2.90. The molecular formula is C30H39N3O6. The molecule has 9 heteroatoms. The van der Waals surface area contributed by atoms with Crippen molar-refractivity contribution >= 4 is 34.9 Å². The Morgan fingerprint density at radius 1 is 1.28 bits per heavy atom. The number of H-pyrrole nitrogens is 1. The normalized spacial score (nSPS) is 20.6. The van der Waals surface area contributed by atoms with Crippen molar-refractivity contribution in [2.75, 3.05) is 13.7 Å². The van der Waals surface area contributed by atoms with Crippen LogP contribution >= 0.6 is 0 Å². The van der Waals surface area contributed by atoms with Gasteiger partial charge < -0.3 is 29.4 Å². The van der Waals surface area contributed by atoms with Crippen LogP contribution < -0.4 is 10.1 Å². The maximum atomic E-state index is 14.1. The van der Waals surface area contributed by atoms with Crippen LogP contribution in [0.15, 0.2) is 37.1 Å². The third-order valence-corrected chi connectivity index (χ3v) is 7.18. The minimum Gasteiger partial charge on any atom is -0.483 e. The molecule has 2 aliphatic rings. The highest BCUT2D eigenvalue weighted by Crippen LogP contribution is 2.38. The molecule has 2 aliphatic heterocycles. The molecule has 1 aromatic heterocycles. The summed E-state index contributed by atoms with van der Waals surface area (Å²) >= 11 is 0. The fourth-order valence-corrected chi connectivity index (χ4v) is 5.48. The summed E-state index contributed by atoms with van der Waals surface area (Å²) in [4.78, 5) is 44.8. The number of carbonyl (C=O) groups is 3. The number of hydrogen-bond donors (Lipinski definition) is 2. The summed E-state index contributed by atoms with van der Waals surface area (Å²) < 4.78 is 16.7. The maximum Gasteiger partial charge on any atom is 0.408 e. The number of nitrogens with one attached hydrogen (secondary N) is 2.